The minimum atomic E-state index is -0.105. The number of benzene rings is 3. The highest BCUT2D eigenvalue weighted by molar-refractivity contribution is 5.94. The Bertz CT molecular complexity index is 1040. The molecule has 4 rings (SSSR count). The number of rotatable bonds is 5. The van der Waals surface area contributed by atoms with Crippen LogP contribution in [0.3, 0.4) is 0 Å². The molecule has 0 aliphatic carbocycles. The summed E-state index contributed by atoms with van der Waals surface area (Å²) in [5.74, 6) is 1.55. The van der Waals surface area contributed by atoms with Crippen LogP contribution in [0, 0.1) is 0 Å². The zero-order valence-electron chi connectivity index (χ0n) is 19.0. The molecule has 0 unspecified atom stereocenters. The first-order valence-corrected chi connectivity index (χ1v) is 11.8. The molecule has 3 aromatic rings. The number of nitrogens with one attached hydrogen (secondary N) is 2. The Morgan fingerprint density at radius 3 is 2.73 bits per heavy atom. The van der Waals surface area contributed by atoms with Crippen LogP contribution in [0.1, 0.15) is 46.3 Å². The lowest BCUT2D eigenvalue weighted by molar-refractivity contribution is 0.0947. The third-order valence-electron chi connectivity index (χ3n) is 5.69. The van der Waals surface area contributed by atoms with Crippen LogP contribution in [0.25, 0.3) is 0 Å². The van der Waals surface area contributed by atoms with E-state index < -0.39 is 0 Å². The smallest absolute Gasteiger partial charge is 0.251 e. The first kappa shape index (κ1) is 22.9. The number of ether oxygens (including phenoxy) is 2. The average molecular weight is 445 g/mol. The van der Waals surface area contributed by atoms with Crippen LogP contribution in [-0.4, -0.2) is 32.2 Å². The van der Waals surface area contributed by atoms with Gasteiger partial charge in [0.2, 0.25) is 0 Å². The van der Waals surface area contributed by atoms with Gasteiger partial charge in [-0.2, -0.15) is 0 Å². The summed E-state index contributed by atoms with van der Waals surface area (Å²) in [7, 11) is 0. The summed E-state index contributed by atoms with van der Waals surface area (Å²) in [5.41, 5.74) is 4.16. The van der Waals surface area contributed by atoms with Gasteiger partial charge >= 0.3 is 0 Å². The summed E-state index contributed by atoms with van der Waals surface area (Å²) in [5, 5.41) is 6.47. The standard InChI is InChI=1S/C28H32N2O3/c31-28(30-15-17-32-26-10-3-1-4-11-26)24-12-13-27-25(20-24)19-22-8-7-9-23(18-22)21-29-14-5-2-6-16-33-27/h1,3-4,7-13,18,20,29H,2,5-6,14-17,19,21H2,(H,30,31). The molecule has 1 amide bonds. The number of hydrogen-bond donors (Lipinski definition) is 2. The van der Waals surface area contributed by atoms with Crippen LogP contribution in [0.4, 0.5) is 0 Å². The highest BCUT2D eigenvalue weighted by atomic mass is 16.5. The van der Waals surface area contributed by atoms with Crippen molar-refractivity contribution in [3.63, 3.8) is 0 Å². The minimum Gasteiger partial charge on any atom is -0.493 e. The first-order chi connectivity index (χ1) is 16.3. The fourth-order valence-electron chi connectivity index (χ4n) is 3.97. The van der Waals surface area contributed by atoms with E-state index in [1.165, 1.54) is 11.1 Å². The van der Waals surface area contributed by atoms with Crippen molar-refractivity contribution in [3.8, 4) is 11.5 Å². The first-order valence-electron chi connectivity index (χ1n) is 11.8. The van der Waals surface area contributed by atoms with Crippen molar-refractivity contribution >= 4 is 5.91 Å². The molecule has 33 heavy (non-hydrogen) atoms. The van der Waals surface area contributed by atoms with Gasteiger partial charge in [0.25, 0.3) is 5.91 Å². The maximum absolute atomic E-state index is 12.8. The zero-order valence-corrected chi connectivity index (χ0v) is 19.0. The number of amides is 1. The molecule has 2 N–H and O–H groups in total. The summed E-state index contributed by atoms with van der Waals surface area (Å²) >= 11 is 0. The zero-order chi connectivity index (χ0) is 22.7. The Balaban J connectivity index is 1.44. The molecule has 1 heterocycles. The second-order valence-electron chi connectivity index (χ2n) is 8.32. The molecule has 5 heteroatoms. The molecular formula is C28H32N2O3. The average Bonchev–Trinajstić information content (AvgIpc) is 2.84. The predicted molar refractivity (Wildman–Crippen MR) is 131 cm³/mol. The second kappa shape index (κ2) is 12.1. The van der Waals surface area contributed by atoms with E-state index in [0.717, 1.165) is 55.8 Å². The molecule has 2 bridgehead atoms. The molecule has 0 aromatic heterocycles. The van der Waals surface area contributed by atoms with Crippen LogP contribution < -0.4 is 20.1 Å². The predicted octanol–water partition coefficient (Wildman–Crippen LogP) is 4.74. The molecule has 1 aliphatic heterocycles. The molecule has 1 aliphatic rings. The Hall–Kier alpha value is -3.31. The Morgan fingerprint density at radius 1 is 0.939 bits per heavy atom. The van der Waals surface area contributed by atoms with Gasteiger partial charge in [-0.25, -0.2) is 0 Å². The molecule has 5 nitrogen and oxygen atoms in total. The van der Waals surface area contributed by atoms with Crippen LogP contribution in [0.5, 0.6) is 11.5 Å². The second-order valence-corrected chi connectivity index (χ2v) is 8.32. The lowest BCUT2D eigenvalue weighted by Crippen LogP contribution is -2.28. The van der Waals surface area contributed by atoms with Gasteiger partial charge in [0.1, 0.15) is 18.1 Å². The minimum absolute atomic E-state index is 0.105. The summed E-state index contributed by atoms with van der Waals surface area (Å²) in [6.45, 7) is 3.46. The van der Waals surface area contributed by atoms with Crippen LogP contribution in [0.15, 0.2) is 72.8 Å². The normalized spacial score (nSPS) is 14.3. The molecule has 0 radical (unpaired) electrons. The molecule has 0 atom stereocenters. The van der Waals surface area contributed by atoms with Crippen molar-refractivity contribution < 1.29 is 14.3 Å². The number of carbonyl (C=O) groups is 1. The number of fused-ring (bicyclic) bond motifs is 3. The van der Waals surface area contributed by atoms with Crippen LogP contribution >= 0.6 is 0 Å². The van der Waals surface area contributed by atoms with Gasteiger partial charge in [-0.15, -0.1) is 0 Å². The van der Waals surface area contributed by atoms with E-state index in [1.807, 2.05) is 48.5 Å². The molecule has 0 saturated carbocycles. The van der Waals surface area contributed by atoms with E-state index in [2.05, 4.69) is 34.9 Å². The largest absolute Gasteiger partial charge is 0.493 e. The Morgan fingerprint density at radius 2 is 1.82 bits per heavy atom. The monoisotopic (exact) mass is 444 g/mol. The SMILES string of the molecule is O=C(NCCOc1ccccc1)c1ccc2c(c1)Cc1cccc(c1)CNCCCCCO2. The lowest BCUT2D eigenvalue weighted by atomic mass is 9.99. The fraction of sp³-hybridized carbons (Fsp3) is 0.321. The molecule has 0 fully saturated rings. The Labute approximate surface area is 196 Å². The van der Waals surface area contributed by atoms with Crippen molar-refractivity contribution in [3.05, 3.63) is 95.1 Å². The van der Waals surface area contributed by atoms with E-state index in [-0.39, 0.29) is 5.91 Å². The Kier molecular flexibility index (Phi) is 8.36. The van der Waals surface area contributed by atoms with Gasteiger partial charge < -0.3 is 20.1 Å². The summed E-state index contributed by atoms with van der Waals surface area (Å²) in [6, 6.07) is 24.0. The van der Waals surface area contributed by atoms with Gasteiger partial charge in [0.15, 0.2) is 0 Å². The molecule has 3 aromatic carbocycles. The maximum atomic E-state index is 12.8. The lowest BCUT2D eigenvalue weighted by Gasteiger charge is -2.15. The maximum Gasteiger partial charge on any atom is 0.251 e. The highest BCUT2D eigenvalue weighted by Crippen LogP contribution is 2.25. The van der Waals surface area contributed by atoms with E-state index in [9.17, 15) is 4.79 Å². The van der Waals surface area contributed by atoms with Crippen LogP contribution in [-0.2, 0) is 13.0 Å². The topological polar surface area (TPSA) is 59.6 Å². The van der Waals surface area contributed by atoms with E-state index in [0.29, 0.717) is 25.3 Å². The molecule has 0 spiro atoms. The highest BCUT2D eigenvalue weighted by Gasteiger charge is 2.12. The van der Waals surface area contributed by atoms with Gasteiger partial charge in [-0.3, -0.25) is 4.79 Å². The van der Waals surface area contributed by atoms with Crippen molar-refractivity contribution in [1.82, 2.24) is 10.6 Å². The van der Waals surface area contributed by atoms with Crippen molar-refractivity contribution in [2.75, 3.05) is 26.3 Å². The fourth-order valence-corrected chi connectivity index (χ4v) is 3.97. The summed E-state index contributed by atoms with van der Waals surface area (Å²) in [6.07, 6.45) is 4.02. The van der Waals surface area contributed by atoms with E-state index in [4.69, 9.17) is 9.47 Å². The third kappa shape index (κ3) is 7.09. The molecular weight excluding hydrogens is 412 g/mol. The van der Waals surface area contributed by atoms with E-state index in [1.54, 1.807) is 0 Å². The van der Waals surface area contributed by atoms with Gasteiger partial charge in [-0.1, -0.05) is 42.5 Å². The number of para-hydroxylation sites is 1. The third-order valence-corrected chi connectivity index (χ3v) is 5.69. The number of hydrogen-bond acceptors (Lipinski definition) is 4. The quantitative estimate of drug-likeness (QED) is 0.558. The molecule has 0 saturated heterocycles. The van der Waals surface area contributed by atoms with Crippen molar-refractivity contribution in [2.45, 2.75) is 32.2 Å². The number of carbonyl (C=O) groups excluding carboxylic acids is 1. The van der Waals surface area contributed by atoms with Crippen molar-refractivity contribution in [2.24, 2.45) is 0 Å². The summed E-state index contributed by atoms with van der Waals surface area (Å²) < 4.78 is 11.8. The van der Waals surface area contributed by atoms with Gasteiger partial charge in [0, 0.05) is 18.5 Å². The molecule has 172 valence electrons. The summed E-state index contributed by atoms with van der Waals surface area (Å²) in [4.78, 5) is 12.8. The van der Waals surface area contributed by atoms with Crippen LogP contribution in [0.2, 0.25) is 0 Å². The van der Waals surface area contributed by atoms with Crippen molar-refractivity contribution in [1.29, 1.82) is 0 Å². The van der Waals surface area contributed by atoms with E-state index >= 15 is 0 Å². The van der Waals surface area contributed by atoms with Gasteiger partial charge in [-0.05, 0) is 72.8 Å². The van der Waals surface area contributed by atoms with Gasteiger partial charge in [0.05, 0.1) is 13.2 Å².